The lowest BCUT2D eigenvalue weighted by Gasteiger charge is -2.06. The molecule has 0 saturated heterocycles. The Bertz CT molecular complexity index is 599. The van der Waals surface area contributed by atoms with Gasteiger partial charge in [-0.25, -0.2) is 0 Å². The summed E-state index contributed by atoms with van der Waals surface area (Å²) in [7, 11) is 0. The topological polar surface area (TPSA) is 49.3 Å². The summed E-state index contributed by atoms with van der Waals surface area (Å²) in [5.41, 5.74) is 1.43. The van der Waals surface area contributed by atoms with E-state index >= 15 is 0 Å². The molecule has 0 aliphatic carbocycles. The minimum absolute atomic E-state index is 0.0527. The first-order valence-corrected chi connectivity index (χ1v) is 6.74. The van der Waals surface area contributed by atoms with E-state index in [1.54, 1.807) is 6.07 Å². The molecule has 3 nitrogen and oxygen atoms in total. The molecule has 19 heavy (non-hydrogen) atoms. The maximum absolute atomic E-state index is 11.8. The Labute approximate surface area is 124 Å². The maximum atomic E-state index is 11.8. The second-order valence-corrected chi connectivity index (χ2v) is 5.34. The first-order valence-electron chi connectivity index (χ1n) is 5.57. The number of rotatable bonds is 3. The van der Waals surface area contributed by atoms with Crippen molar-refractivity contribution in [1.29, 1.82) is 0 Å². The van der Waals surface area contributed by atoms with Crippen molar-refractivity contribution in [2.24, 2.45) is 0 Å². The second kappa shape index (κ2) is 6.08. The standard InChI is InChI=1S/C14H11BrClNO2/c15-10-3-1-9(2-4-10)7-14(19)17-11-5-6-12(16)13(18)8-11/h1-6,8,18H,7H2,(H,17,19). The largest absolute Gasteiger partial charge is 0.506 e. The SMILES string of the molecule is O=C(Cc1ccc(Br)cc1)Nc1ccc(Cl)c(O)c1. The highest BCUT2D eigenvalue weighted by atomic mass is 79.9. The highest BCUT2D eigenvalue weighted by Crippen LogP contribution is 2.26. The first kappa shape index (κ1) is 13.9. The number of carbonyl (C=O) groups is 1. The van der Waals surface area contributed by atoms with Crippen LogP contribution in [0.3, 0.4) is 0 Å². The number of nitrogens with one attached hydrogen (secondary N) is 1. The van der Waals surface area contributed by atoms with Gasteiger partial charge in [-0.1, -0.05) is 39.7 Å². The second-order valence-electron chi connectivity index (χ2n) is 4.02. The van der Waals surface area contributed by atoms with Gasteiger partial charge in [0, 0.05) is 16.2 Å². The highest BCUT2D eigenvalue weighted by Gasteiger charge is 2.06. The van der Waals surface area contributed by atoms with Gasteiger partial charge in [-0.05, 0) is 29.8 Å². The van der Waals surface area contributed by atoms with Gasteiger partial charge in [0.15, 0.2) is 0 Å². The Hall–Kier alpha value is -1.52. The third-order valence-electron chi connectivity index (χ3n) is 2.51. The van der Waals surface area contributed by atoms with Crippen molar-refractivity contribution in [3.63, 3.8) is 0 Å². The third kappa shape index (κ3) is 3.98. The van der Waals surface area contributed by atoms with E-state index in [9.17, 15) is 9.90 Å². The molecule has 0 atom stereocenters. The average Bonchev–Trinajstić information content (AvgIpc) is 2.37. The normalized spacial score (nSPS) is 10.2. The molecule has 2 N–H and O–H groups in total. The number of hydrogen-bond donors (Lipinski definition) is 2. The summed E-state index contributed by atoms with van der Waals surface area (Å²) in [4.78, 5) is 11.8. The molecule has 0 heterocycles. The minimum Gasteiger partial charge on any atom is -0.506 e. The van der Waals surface area contributed by atoms with Crippen molar-refractivity contribution in [2.75, 3.05) is 5.32 Å². The van der Waals surface area contributed by atoms with Crippen molar-refractivity contribution in [3.05, 3.63) is 57.5 Å². The molecule has 5 heteroatoms. The van der Waals surface area contributed by atoms with E-state index in [0.717, 1.165) is 10.0 Å². The molecule has 98 valence electrons. The van der Waals surface area contributed by atoms with Crippen molar-refractivity contribution in [2.45, 2.75) is 6.42 Å². The van der Waals surface area contributed by atoms with Crippen LogP contribution >= 0.6 is 27.5 Å². The Balaban J connectivity index is 2.01. The van der Waals surface area contributed by atoms with Crippen LogP contribution in [0.4, 0.5) is 5.69 Å². The molecule has 0 bridgehead atoms. The zero-order chi connectivity index (χ0) is 13.8. The number of benzene rings is 2. The molecule has 2 aromatic carbocycles. The molecule has 0 radical (unpaired) electrons. The number of amides is 1. The van der Waals surface area contributed by atoms with Crippen molar-refractivity contribution in [1.82, 2.24) is 0 Å². The number of aromatic hydroxyl groups is 1. The van der Waals surface area contributed by atoms with E-state index in [0.29, 0.717) is 5.69 Å². The Kier molecular flexibility index (Phi) is 4.45. The van der Waals surface area contributed by atoms with Gasteiger partial charge < -0.3 is 10.4 Å². The number of phenolic OH excluding ortho intramolecular Hbond substituents is 1. The summed E-state index contributed by atoms with van der Waals surface area (Å²) in [6.45, 7) is 0. The summed E-state index contributed by atoms with van der Waals surface area (Å²) < 4.78 is 0.972. The van der Waals surface area contributed by atoms with Crippen LogP contribution in [0.15, 0.2) is 46.9 Å². The third-order valence-corrected chi connectivity index (χ3v) is 3.36. The predicted molar refractivity (Wildman–Crippen MR) is 79.6 cm³/mol. The van der Waals surface area contributed by atoms with E-state index in [2.05, 4.69) is 21.2 Å². The Morgan fingerprint density at radius 3 is 2.53 bits per heavy atom. The molecule has 0 aliphatic rings. The highest BCUT2D eigenvalue weighted by molar-refractivity contribution is 9.10. The first-order chi connectivity index (χ1) is 9.04. The monoisotopic (exact) mass is 339 g/mol. The summed E-state index contributed by atoms with van der Waals surface area (Å²) in [5, 5.41) is 12.4. The molecule has 2 rings (SSSR count). The van der Waals surface area contributed by atoms with Crippen molar-refractivity contribution >= 4 is 39.1 Å². The van der Waals surface area contributed by atoms with E-state index in [-0.39, 0.29) is 23.1 Å². The van der Waals surface area contributed by atoms with E-state index in [4.69, 9.17) is 11.6 Å². The van der Waals surface area contributed by atoms with Crippen LogP contribution in [-0.4, -0.2) is 11.0 Å². The number of carbonyl (C=O) groups excluding carboxylic acids is 1. The van der Waals surface area contributed by atoms with Gasteiger partial charge >= 0.3 is 0 Å². The lowest BCUT2D eigenvalue weighted by atomic mass is 10.1. The molecule has 0 spiro atoms. The summed E-state index contributed by atoms with van der Waals surface area (Å²) >= 11 is 9.03. The summed E-state index contributed by atoms with van der Waals surface area (Å²) in [5.74, 6) is -0.202. The zero-order valence-corrected chi connectivity index (χ0v) is 12.2. The van der Waals surface area contributed by atoms with Crippen LogP contribution in [0.25, 0.3) is 0 Å². The number of phenols is 1. The molecular formula is C14H11BrClNO2. The molecular weight excluding hydrogens is 330 g/mol. The maximum Gasteiger partial charge on any atom is 0.228 e. The zero-order valence-electron chi connectivity index (χ0n) is 9.86. The van der Waals surface area contributed by atoms with Gasteiger partial charge in [-0.2, -0.15) is 0 Å². The van der Waals surface area contributed by atoms with Crippen LogP contribution in [0.5, 0.6) is 5.75 Å². The van der Waals surface area contributed by atoms with E-state index < -0.39 is 0 Å². The van der Waals surface area contributed by atoms with E-state index in [1.807, 2.05) is 24.3 Å². The number of hydrogen-bond acceptors (Lipinski definition) is 2. The molecule has 0 aromatic heterocycles. The average molecular weight is 341 g/mol. The molecule has 0 saturated carbocycles. The minimum atomic E-state index is -0.149. The van der Waals surface area contributed by atoms with Gasteiger partial charge in [0.05, 0.1) is 11.4 Å². The van der Waals surface area contributed by atoms with Crippen LogP contribution in [0.2, 0.25) is 5.02 Å². The van der Waals surface area contributed by atoms with Crippen LogP contribution in [-0.2, 0) is 11.2 Å². The molecule has 0 aliphatic heterocycles. The van der Waals surface area contributed by atoms with Crippen LogP contribution in [0, 0.1) is 0 Å². The smallest absolute Gasteiger partial charge is 0.228 e. The molecule has 2 aromatic rings. The summed E-state index contributed by atoms with van der Waals surface area (Å²) in [6.07, 6.45) is 0.274. The van der Waals surface area contributed by atoms with Crippen molar-refractivity contribution < 1.29 is 9.90 Å². The molecule has 0 fully saturated rings. The lowest BCUT2D eigenvalue weighted by Crippen LogP contribution is -2.14. The fourth-order valence-electron chi connectivity index (χ4n) is 1.58. The van der Waals surface area contributed by atoms with Crippen LogP contribution in [0.1, 0.15) is 5.56 Å². The van der Waals surface area contributed by atoms with Gasteiger partial charge in [0.25, 0.3) is 0 Å². The van der Waals surface area contributed by atoms with Gasteiger partial charge in [0.1, 0.15) is 5.75 Å². The van der Waals surface area contributed by atoms with E-state index in [1.165, 1.54) is 12.1 Å². The lowest BCUT2D eigenvalue weighted by molar-refractivity contribution is -0.115. The Morgan fingerprint density at radius 1 is 1.21 bits per heavy atom. The molecule has 1 amide bonds. The predicted octanol–water partition coefficient (Wildman–Crippen LogP) is 3.99. The van der Waals surface area contributed by atoms with Gasteiger partial charge in [-0.3, -0.25) is 4.79 Å². The quantitative estimate of drug-likeness (QED) is 0.887. The fraction of sp³-hybridized carbons (Fsp3) is 0.0714. The van der Waals surface area contributed by atoms with Gasteiger partial charge in [-0.15, -0.1) is 0 Å². The van der Waals surface area contributed by atoms with Gasteiger partial charge in [0.2, 0.25) is 5.91 Å². The van der Waals surface area contributed by atoms with Crippen molar-refractivity contribution in [3.8, 4) is 5.75 Å². The Morgan fingerprint density at radius 2 is 1.89 bits per heavy atom. The van der Waals surface area contributed by atoms with Crippen LogP contribution < -0.4 is 5.32 Å². The molecule has 0 unspecified atom stereocenters. The summed E-state index contributed by atoms with van der Waals surface area (Å²) in [6, 6.07) is 12.1. The number of anilines is 1. The fourth-order valence-corrected chi connectivity index (χ4v) is 1.97. The number of halogens is 2.